The summed E-state index contributed by atoms with van der Waals surface area (Å²) in [5.74, 6) is -1.55. The van der Waals surface area contributed by atoms with Gasteiger partial charge in [0.05, 0.1) is 17.5 Å². The average Bonchev–Trinajstić information content (AvgIpc) is 3.12. The topological polar surface area (TPSA) is 99.8 Å². The summed E-state index contributed by atoms with van der Waals surface area (Å²) in [5, 5.41) is 21.1. The number of aliphatic hydroxyl groups excluding tert-OH is 1. The highest BCUT2D eigenvalue weighted by Crippen LogP contribution is 2.40. The van der Waals surface area contributed by atoms with Crippen molar-refractivity contribution in [2.75, 3.05) is 0 Å². The van der Waals surface area contributed by atoms with Crippen LogP contribution in [-0.2, 0) is 11.4 Å². The van der Waals surface area contributed by atoms with Crippen LogP contribution in [0.4, 0.5) is 0 Å². The van der Waals surface area contributed by atoms with Gasteiger partial charge in [-0.2, -0.15) is 0 Å². The molecule has 3 rings (SSSR count). The lowest BCUT2D eigenvalue weighted by Gasteiger charge is -2.13. The molecule has 0 fully saturated rings. The van der Waals surface area contributed by atoms with Gasteiger partial charge >= 0.3 is 5.97 Å². The first-order chi connectivity index (χ1) is 10.6. The Bertz CT molecular complexity index is 721. The number of carboxylic acid groups (broad SMARTS) is 1. The number of benzene rings is 1. The number of fused-ring (bicyclic) bond motifs is 1. The second-order valence-electron chi connectivity index (χ2n) is 5.24. The second kappa shape index (κ2) is 5.65. The zero-order valence-corrected chi connectivity index (χ0v) is 11.7. The molecule has 1 amide bonds. The van der Waals surface area contributed by atoms with Crippen LogP contribution in [0, 0.1) is 0 Å². The van der Waals surface area contributed by atoms with E-state index >= 15 is 0 Å². The summed E-state index contributed by atoms with van der Waals surface area (Å²) < 4.78 is 5.02. The van der Waals surface area contributed by atoms with Gasteiger partial charge in [-0.05, 0) is 23.6 Å². The van der Waals surface area contributed by atoms with Crippen molar-refractivity contribution in [1.82, 2.24) is 5.32 Å². The molecule has 0 spiro atoms. The Labute approximate surface area is 126 Å². The molecule has 0 saturated carbocycles. The Morgan fingerprint density at radius 2 is 2.00 bits per heavy atom. The van der Waals surface area contributed by atoms with Gasteiger partial charge in [0.25, 0.3) is 5.91 Å². The van der Waals surface area contributed by atoms with E-state index < -0.39 is 11.9 Å². The number of rotatable bonds is 4. The van der Waals surface area contributed by atoms with Crippen LogP contribution in [0.2, 0.25) is 0 Å². The number of carboxylic acids is 1. The van der Waals surface area contributed by atoms with Crippen LogP contribution in [0.25, 0.3) is 0 Å². The zero-order chi connectivity index (χ0) is 15.7. The Kier molecular flexibility index (Phi) is 3.68. The fourth-order valence-electron chi connectivity index (χ4n) is 2.83. The molecule has 1 aliphatic rings. The van der Waals surface area contributed by atoms with Gasteiger partial charge in [0.2, 0.25) is 0 Å². The molecule has 2 aromatic rings. The smallest absolute Gasteiger partial charge is 0.311 e. The predicted molar refractivity (Wildman–Crippen MR) is 76.3 cm³/mol. The second-order valence-corrected chi connectivity index (χ2v) is 5.24. The average molecular weight is 301 g/mol. The maximum atomic E-state index is 12.2. The normalized spacial score (nSPS) is 19.7. The molecular formula is C16H15NO5. The molecule has 1 aromatic heterocycles. The monoisotopic (exact) mass is 301 g/mol. The summed E-state index contributed by atoms with van der Waals surface area (Å²) in [6.07, 6.45) is 1.60. The molecular weight excluding hydrogens is 286 g/mol. The lowest BCUT2D eigenvalue weighted by atomic mass is 10.0. The van der Waals surface area contributed by atoms with Gasteiger partial charge < -0.3 is 19.9 Å². The summed E-state index contributed by atoms with van der Waals surface area (Å²) in [4.78, 5) is 23.6. The lowest BCUT2D eigenvalue weighted by Crippen LogP contribution is -2.27. The number of hydrogen-bond donors (Lipinski definition) is 3. The number of aliphatic carboxylic acids is 1. The van der Waals surface area contributed by atoms with E-state index in [2.05, 4.69) is 5.32 Å². The number of carbonyl (C=O) groups excluding carboxylic acids is 1. The number of amides is 1. The molecule has 0 saturated heterocycles. The number of furan rings is 1. The molecule has 6 heteroatoms. The largest absolute Gasteiger partial charge is 0.481 e. The molecule has 0 aliphatic heterocycles. The predicted octanol–water partition coefficient (Wildman–Crippen LogP) is 1.81. The van der Waals surface area contributed by atoms with Crippen molar-refractivity contribution in [2.24, 2.45) is 0 Å². The number of carbonyl (C=O) groups is 2. The summed E-state index contributed by atoms with van der Waals surface area (Å²) in [5.41, 5.74) is 1.87. The van der Waals surface area contributed by atoms with Crippen LogP contribution in [0.15, 0.2) is 41.0 Å². The fourth-order valence-corrected chi connectivity index (χ4v) is 2.83. The van der Waals surface area contributed by atoms with Crippen LogP contribution in [0.3, 0.4) is 0 Å². The first-order valence-corrected chi connectivity index (χ1v) is 6.91. The van der Waals surface area contributed by atoms with Crippen molar-refractivity contribution < 1.29 is 24.2 Å². The Morgan fingerprint density at radius 3 is 2.64 bits per heavy atom. The Hall–Kier alpha value is -2.60. The van der Waals surface area contributed by atoms with E-state index in [-0.39, 0.29) is 18.6 Å². The van der Waals surface area contributed by atoms with Gasteiger partial charge in [0.1, 0.15) is 18.6 Å². The van der Waals surface area contributed by atoms with Crippen LogP contribution in [0.1, 0.15) is 45.6 Å². The highest BCUT2D eigenvalue weighted by molar-refractivity contribution is 5.94. The first kappa shape index (κ1) is 14.3. The van der Waals surface area contributed by atoms with E-state index in [1.807, 2.05) is 12.1 Å². The molecule has 1 aliphatic carbocycles. The zero-order valence-electron chi connectivity index (χ0n) is 11.7. The third-order valence-electron chi connectivity index (χ3n) is 3.89. The maximum Gasteiger partial charge on any atom is 0.311 e. The number of aliphatic hydroxyl groups is 1. The van der Waals surface area contributed by atoms with Crippen LogP contribution in [0.5, 0.6) is 0 Å². The summed E-state index contributed by atoms with van der Waals surface area (Å²) in [6.45, 7) is -0.277. The van der Waals surface area contributed by atoms with E-state index in [4.69, 9.17) is 9.52 Å². The SMILES string of the molecule is O=C(NC1CC(C(=O)O)c2ccccc21)c1coc(CO)c1. The molecule has 2 unspecified atom stereocenters. The number of hydrogen-bond acceptors (Lipinski definition) is 4. The molecule has 1 heterocycles. The maximum absolute atomic E-state index is 12.2. The molecule has 0 bridgehead atoms. The van der Waals surface area contributed by atoms with Gasteiger partial charge in [0, 0.05) is 0 Å². The van der Waals surface area contributed by atoms with Gasteiger partial charge in [-0.3, -0.25) is 9.59 Å². The summed E-state index contributed by atoms with van der Waals surface area (Å²) in [6, 6.07) is 8.34. The van der Waals surface area contributed by atoms with Crippen molar-refractivity contribution in [3.8, 4) is 0 Å². The van der Waals surface area contributed by atoms with Crippen molar-refractivity contribution in [3.63, 3.8) is 0 Å². The van der Waals surface area contributed by atoms with E-state index in [1.165, 1.54) is 12.3 Å². The lowest BCUT2D eigenvalue weighted by molar-refractivity contribution is -0.138. The Morgan fingerprint density at radius 1 is 1.27 bits per heavy atom. The molecule has 2 atom stereocenters. The fraction of sp³-hybridized carbons (Fsp3) is 0.250. The van der Waals surface area contributed by atoms with Crippen molar-refractivity contribution in [1.29, 1.82) is 0 Å². The molecule has 22 heavy (non-hydrogen) atoms. The van der Waals surface area contributed by atoms with E-state index in [0.29, 0.717) is 17.7 Å². The minimum Gasteiger partial charge on any atom is -0.481 e. The Balaban J connectivity index is 1.81. The molecule has 0 radical (unpaired) electrons. The third-order valence-corrected chi connectivity index (χ3v) is 3.89. The van der Waals surface area contributed by atoms with Crippen LogP contribution >= 0.6 is 0 Å². The summed E-state index contributed by atoms with van der Waals surface area (Å²) >= 11 is 0. The van der Waals surface area contributed by atoms with Gasteiger partial charge in [-0.1, -0.05) is 24.3 Å². The van der Waals surface area contributed by atoms with Crippen LogP contribution in [-0.4, -0.2) is 22.1 Å². The molecule has 3 N–H and O–H groups in total. The third kappa shape index (κ3) is 2.48. The van der Waals surface area contributed by atoms with Gasteiger partial charge in [-0.15, -0.1) is 0 Å². The standard InChI is InChI=1S/C16H15NO5/c18-7-10-5-9(8-22-10)15(19)17-14-6-13(16(20)21)11-3-1-2-4-12(11)14/h1-5,8,13-14,18H,6-7H2,(H,17,19)(H,20,21). The highest BCUT2D eigenvalue weighted by Gasteiger charge is 2.36. The van der Waals surface area contributed by atoms with E-state index in [9.17, 15) is 14.7 Å². The molecule has 1 aromatic carbocycles. The number of nitrogens with one attached hydrogen (secondary N) is 1. The molecule has 6 nitrogen and oxygen atoms in total. The van der Waals surface area contributed by atoms with Crippen molar-refractivity contribution in [2.45, 2.75) is 25.0 Å². The minimum atomic E-state index is -0.893. The van der Waals surface area contributed by atoms with Crippen molar-refractivity contribution in [3.05, 3.63) is 59.0 Å². The molecule has 114 valence electrons. The summed E-state index contributed by atoms with van der Waals surface area (Å²) in [7, 11) is 0. The van der Waals surface area contributed by atoms with Gasteiger partial charge in [-0.25, -0.2) is 0 Å². The van der Waals surface area contributed by atoms with E-state index in [1.54, 1.807) is 12.1 Å². The quantitative estimate of drug-likeness (QED) is 0.800. The minimum absolute atomic E-state index is 0.277. The van der Waals surface area contributed by atoms with Gasteiger partial charge in [0.15, 0.2) is 0 Å². The van der Waals surface area contributed by atoms with E-state index in [0.717, 1.165) is 11.1 Å². The highest BCUT2D eigenvalue weighted by atomic mass is 16.4. The van der Waals surface area contributed by atoms with Crippen molar-refractivity contribution >= 4 is 11.9 Å². The first-order valence-electron chi connectivity index (χ1n) is 6.91. The van der Waals surface area contributed by atoms with Crippen LogP contribution < -0.4 is 5.32 Å².